The third-order valence-corrected chi connectivity index (χ3v) is 4.20. The van der Waals surface area contributed by atoms with Crippen LogP contribution in [0.15, 0.2) is 28.8 Å². The van der Waals surface area contributed by atoms with Crippen LogP contribution in [0.3, 0.4) is 0 Å². The Balaban J connectivity index is 1.54. The van der Waals surface area contributed by atoms with Gasteiger partial charge in [0.05, 0.1) is 11.6 Å². The normalized spacial score (nSPS) is 19.5. The zero-order valence-electron chi connectivity index (χ0n) is 12.8. The molecule has 2 aromatic rings. The summed E-state index contributed by atoms with van der Waals surface area (Å²) in [6, 6.07) is 6.39. The van der Waals surface area contributed by atoms with E-state index < -0.39 is 5.82 Å². The van der Waals surface area contributed by atoms with E-state index in [-0.39, 0.29) is 23.0 Å². The lowest BCUT2D eigenvalue weighted by Gasteiger charge is -2.16. The number of rotatable bonds is 4. The van der Waals surface area contributed by atoms with Crippen LogP contribution in [0.1, 0.15) is 29.4 Å². The Morgan fingerprint density at radius 1 is 1.52 bits per heavy atom. The van der Waals surface area contributed by atoms with Gasteiger partial charge >= 0.3 is 6.03 Å². The van der Waals surface area contributed by atoms with E-state index in [1.165, 1.54) is 11.0 Å². The molecule has 1 heterocycles. The van der Waals surface area contributed by atoms with Gasteiger partial charge in [-0.25, -0.2) is 9.18 Å². The molecule has 0 spiro atoms. The Morgan fingerprint density at radius 3 is 2.96 bits per heavy atom. The zero-order chi connectivity index (χ0) is 16.6. The summed E-state index contributed by atoms with van der Waals surface area (Å²) in [6.45, 7) is 2.17. The number of nitrogens with zero attached hydrogens (tertiary/aromatic N) is 2. The van der Waals surface area contributed by atoms with Gasteiger partial charge in [0.2, 0.25) is 0 Å². The highest BCUT2D eigenvalue weighted by Crippen LogP contribution is 2.41. The van der Waals surface area contributed by atoms with Crippen molar-refractivity contribution in [3.63, 3.8) is 0 Å². The maximum Gasteiger partial charge on any atom is 0.317 e. The number of aryl methyl sites for hydroxylation is 1. The van der Waals surface area contributed by atoms with E-state index in [1.54, 1.807) is 32.2 Å². The van der Waals surface area contributed by atoms with Crippen LogP contribution in [0.25, 0.3) is 0 Å². The minimum atomic E-state index is -0.431. The molecule has 0 saturated heterocycles. The van der Waals surface area contributed by atoms with Crippen LogP contribution in [0.2, 0.25) is 5.02 Å². The van der Waals surface area contributed by atoms with E-state index in [2.05, 4.69) is 10.5 Å². The maximum atomic E-state index is 13.5. The van der Waals surface area contributed by atoms with Gasteiger partial charge in [0.25, 0.3) is 0 Å². The van der Waals surface area contributed by atoms with E-state index in [9.17, 15) is 9.18 Å². The van der Waals surface area contributed by atoms with Crippen molar-refractivity contribution in [3.8, 4) is 0 Å². The Kier molecular flexibility index (Phi) is 4.26. The average molecular weight is 338 g/mol. The molecule has 7 heteroatoms. The quantitative estimate of drug-likeness (QED) is 0.929. The van der Waals surface area contributed by atoms with Crippen molar-refractivity contribution in [1.82, 2.24) is 15.4 Å². The fourth-order valence-corrected chi connectivity index (χ4v) is 2.66. The molecule has 1 fully saturated rings. The second-order valence-electron chi connectivity index (χ2n) is 5.86. The van der Waals surface area contributed by atoms with Gasteiger partial charge in [-0.05, 0) is 31.0 Å². The number of carbonyl (C=O) groups excluding carboxylic acids is 1. The standard InChI is InChI=1S/C16H17ClFN3O2/c1-9-5-11(20-23-9)8-21(2)16(22)19-15-7-12(15)10-3-4-13(17)14(18)6-10/h3-6,12,15H,7-8H2,1-2H3,(H,19,22)/t12-,15+/m0/s1. The molecule has 0 bridgehead atoms. The first kappa shape index (κ1) is 15.8. The van der Waals surface area contributed by atoms with E-state index >= 15 is 0 Å². The molecule has 1 aliphatic rings. The smallest absolute Gasteiger partial charge is 0.317 e. The monoisotopic (exact) mass is 337 g/mol. The first-order valence-corrected chi connectivity index (χ1v) is 7.70. The number of hydrogen-bond acceptors (Lipinski definition) is 3. The number of halogens is 2. The van der Waals surface area contributed by atoms with Crippen molar-refractivity contribution in [2.24, 2.45) is 0 Å². The van der Waals surface area contributed by atoms with Gasteiger partial charge in [-0.15, -0.1) is 0 Å². The minimum Gasteiger partial charge on any atom is -0.361 e. The predicted octanol–water partition coefficient (Wildman–Crippen LogP) is 3.47. The molecule has 0 aliphatic heterocycles. The summed E-state index contributed by atoms with van der Waals surface area (Å²) in [5.41, 5.74) is 1.55. The first-order chi connectivity index (χ1) is 10.9. The molecule has 3 rings (SSSR count). The lowest BCUT2D eigenvalue weighted by molar-refractivity contribution is 0.205. The Morgan fingerprint density at radius 2 is 2.30 bits per heavy atom. The molecule has 1 saturated carbocycles. The third-order valence-electron chi connectivity index (χ3n) is 3.89. The van der Waals surface area contributed by atoms with Crippen molar-refractivity contribution in [2.45, 2.75) is 31.8 Å². The topological polar surface area (TPSA) is 58.4 Å². The molecule has 2 amide bonds. The molecular formula is C16H17ClFN3O2. The fraction of sp³-hybridized carbons (Fsp3) is 0.375. The molecular weight excluding hydrogens is 321 g/mol. The number of hydrogen-bond donors (Lipinski definition) is 1. The number of urea groups is 1. The molecule has 0 unspecified atom stereocenters. The van der Waals surface area contributed by atoms with Crippen LogP contribution < -0.4 is 5.32 Å². The van der Waals surface area contributed by atoms with Crippen LogP contribution in [0, 0.1) is 12.7 Å². The van der Waals surface area contributed by atoms with Crippen molar-refractivity contribution in [1.29, 1.82) is 0 Å². The molecule has 1 N–H and O–H groups in total. The van der Waals surface area contributed by atoms with Crippen LogP contribution in [-0.2, 0) is 6.54 Å². The van der Waals surface area contributed by atoms with Crippen LogP contribution in [0.4, 0.5) is 9.18 Å². The van der Waals surface area contributed by atoms with Gasteiger partial charge in [0.1, 0.15) is 17.3 Å². The summed E-state index contributed by atoms with van der Waals surface area (Å²) in [5.74, 6) is 0.411. The van der Waals surface area contributed by atoms with Gasteiger partial charge in [0, 0.05) is 25.1 Å². The average Bonchev–Trinajstić information content (AvgIpc) is 3.15. The minimum absolute atomic E-state index is 0.0181. The Labute approximate surface area is 138 Å². The first-order valence-electron chi connectivity index (χ1n) is 7.33. The summed E-state index contributed by atoms with van der Waals surface area (Å²) >= 11 is 5.68. The molecule has 1 aromatic heterocycles. The summed E-state index contributed by atoms with van der Waals surface area (Å²) in [7, 11) is 1.69. The lowest BCUT2D eigenvalue weighted by atomic mass is 10.1. The van der Waals surface area contributed by atoms with E-state index in [1.807, 2.05) is 0 Å². The molecule has 5 nitrogen and oxygen atoms in total. The highest BCUT2D eigenvalue weighted by atomic mass is 35.5. The predicted molar refractivity (Wildman–Crippen MR) is 83.8 cm³/mol. The second kappa shape index (κ2) is 6.20. The Hall–Kier alpha value is -2.08. The molecule has 23 heavy (non-hydrogen) atoms. The summed E-state index contributed by atoms with van der Waals surface area (Å²) in [4.78, 5) is 13.7. The maximum absolute atomic E-state index is 13.5. The molecule has 1 aromatic carbocycles. The van der Waals surface area contributed by atoms with Crippen LogP contribution >= 0.6 is 11.6 Å². The number of amides is 2. The van der Waals surface area contributed by atoms with E-state index in [4.69, 9.17) is 16.1 Å². The van der Waals surface area contributed by atoms with Gasteiger partial charge in [-0.1, -0.05) is 22.8 Å². The molecule has 2 atom stereocenters. The number of carbonyl (C=O) groups is 1. The summed E-state index contributed by atoms with van der Waals surface area (Å²) in [6.07, 6.45) is 0.795. The lowest BCUT2D eigenvalue weighted by Crippen LogP contribution is -2.38. The number of aromatic nitrogens is 1. The largest absolute Gasteiger partial charge is 0.361 e. The highest BCUT2D eigenvalue weighted by molar-refractivity contribution is 6.30. The fourth-order valence-electron chi connectivity index (χ4n) is 2.54. The second-order valence-corrected chi connectivity index (χ2v) is 6.26. The summed E-state index contributed by atoms with van der Waals surface area (Å²) in [5, 5.41) is 6.91. The van der Waals surface area contributed by atoms with Gasteiger partial charge in [-0.3, -0.25) is 0 Å². The van der Waals surface area contributed by atoms with Crippen LogP contribution in [-0.4, -0.2) is 29.2 Å². The molecule has 1 aliphatic carbocycles. The van der Waals surface area contributed by atoms with E-state index in [0.29, 0.717) is 18.0 Å². The van der Waals surface area contributed by atoms with Gasteiger partial charge in [0.15, 0.2) is 0 Å². The Bertz CT molecular complexity index is 734. The molecule has 0 radical (unpaired) electrons. The summed E-state index contributed by atoms with van der Waals surface area (Å²) < 4.78 is 18.5. The van der Waals surface area contributed by atoms with Crippen LogP contribution in [0.5, 0.6) is 0 Å². The SMILES string of the molecule is Cc1cc(CN(C)C(=O)N[C@@H]2C[C@H]2c2ccc(Cl)c(F)c2)no1. The van der Waals surface area contributed by atoms with Crippen molar-refractivity contribution in [2.75, 3.05) is 7.05 Å². The van der Waals surface area contributed by atoms with E-state index in [0.717, 1.165) is 12.0 Å². The zero-order valence-corrected chi connectivity index (χ0v) is 13.6. The highest BCUT2D eigenvalue weighted by Gasteiger charge is 2.40. The van der Waals surface area contributed by atoms with Crippen molar-refractivity contribution in [3.05, 3.63) is 52.1 Å². The number of nitrogens with one attached hydrogen (secondary N) is 1. The number of benzene rings is 1. The van der Waals surface area contributed by atoms with Crippen molar-refractivity contribution >= 4 is 17.6 Å². The van der Waals surface area contributed by atoms with Gasteiger partial charge in [-0.2, -0.15) is 0 Å². The van der Waals surface area contributed by atoms with Crippen molar-refractivity contribution < 1.29 is 13.7 Å². The third kappa shape index (κ3) is 3.64. The van der Waals surface area contributed by atoms with Gasteiger partial charge < -0.3 is 14.7 Å². The molecule has 122 valence electrons.